The number of thiophene rings is 1. The summed E-state index contributed by atoms with van der Waals surface area (Å²) in [5.41, 5.74) is 1.82. The molecule has 3 aromatic rings. The maximum atomic E-state index is 12.4. The molecule has 0 aliphatic rings. The molecule has 0 saturated heterocycles. The van der Waals surface area contributed by atoms with Crippen molar-refractivity contribution in [3.63, 3.8) is 0 Å². The summed E-state index contributed by atoms with van der Waals surface area (Å²) in [6.45, 7) is 3.51. The number of ether oxygens (including phenoxy) is 2. The van der Waals surface area contributed by atoms with Gasteiger partial charge >= 0.3 is 5.97 Å². The lowest BCUT2D eigenvalue weighted by Gasteiger charge is -2.11. The first-order valence-electron chi connectivity index (χ1n) is 8.05. The Morgan fingerprint density at radius 2 is 1.96 bits per heavy atom. The van der Waals surface area contributed by atoms with E-state index in [-0.39, 0.29) is 24.6 Å². The van der Waals surface area contributed by atoms with Crippen LogP contribution in [0.15, 0.2) is 44.7 Å². The minimum Gasteiger partial charge on any atom is -0.488 e. The lowest BCUT2D eigenvalue weighted by atomic mass is 10.2. The Bertz CT molecular complexity index is 959. The molecule has 0 saturated carbocycles. The lowest BCUT2D eigenvalue weighted by molar-refractivity contribution is 0.0471. The number of halogens is 1. The maximum Gasteiger partial charge on any atom is 0.342 e. The van der Waals surface area contributed by atoms with E-state index in [4.69, 9.17) is 14.0 Å². The molecule has 140 valence electrons. The van der Waals surface area contributed by atoms with E-state index in [1.165, 1.54) is 11.3 Å². The van der Waals surface area contributed by atoms with E-state index in [1.807, 2.05) is 6.92 Å². The van der Waals surface area contributed by atoms with Gasteiger partial charge in [-0.3, -0.25) is 4.79 Å². The summed E-state index contributed by atoms with van der Waals surface area (Å²) in [6.07, 6.45) is 0. The van der Waals surface area contributed by atoms with Crippen molar-refractivity contribution < 1.29 is 23.6 Å². The molecule has 0 bridgehead atoms. The van der Waals surface area contributed by atoms with Gasteiger partial charge in [-0.15, -0.1) is 11.3 Å². The number of aryl methyl sites for hydroxylation is 2. The third-order valence-electron chi connectivity index (χ3n) is 3.84. The fourth-order valence-corrected chi connectivity index (χ4v) is 3.67. The van der Waals surface area contributed by atoms with Gasteiger partial charge in [0.15, 0.2) is 6.61 Å². The van der Waals surface area contributed by atoms with E-state index < -0.39 is 5.97 Å². The Morgan fingerprint density at radius 3 is 2.63 bits per heavy atom. The average Bonchev–Trinajstić information content (AvgIpc) is 3.24. The molecule has 27 heavy (non-hydrogen) atoms. The monoisotopic (exact) mass is 449 g/mol. The number of benzene rings is 1. The highest BCUT2D eigenvalue weighted by Crippen LogP contribution is 2.24. The number of carbonyl (C=O) groups excluding carboxylic acids is 2. The van der Waals surface area contributed by atoms with E-state index in [0.29, 0.717) is 16.4 Å². The predicted molar refractivity (Wildman–Crippen MR) is 103 cm³/mol. The molecule has 0 aliphatic carbocycles. The van der Waals surface area contributed by atoms with E-state index in [1.54, 1.807) is 43.3 Å². The summed E-state index contributed by atoms with van der Waals surface area (Å²) in [5, 5.41) is 3.88. The number of nitrogens with zero attached hydrogens (tertiary/aromatic N) is 1. The number of aromatic nitrogens is 1. The van der Waals surface area contributed by atoms with Crippen molar-refractivity contribution in [1.82, 2.24) is 5.16 Å². The minimum absolute atomic E-state index is 0.216. The molecule has 0 N–H and O–H groups in total. The van der Waals surface area contributed by atoms with E-state index in [2.05, 4.69) is 21.1 Å². The third kappa shape index (κ3) is 4.64. The Hall–Kier alpha value is -2.45. The van der Waals surface area contributed by atoms with Crippen LogP contribution in [0, 0.1) is 13.8 Å². The number of esters is 1. The molecular formula is C19H16BrNO5S. The highest BCUT2D eigenvalue weighted by molar-refractivity contribution is 9.11. The van der Waals surface area contributed by atoms with Gasteiger partial charge in [0.25, 0.3) is 0 Å². The van der Waals surface area contributed by atoms with Crippen LogP contribution < -0.4 is 4.74 Å². The standard InChI is InChI=1S/C19H16BrNO5S/c1-11-14(12(2)26-21-11)9-24-16-6-4-3-5-13(16)19(23)25-10-15(22)17-7-8-18(20)27-17/h3-8H,9-10H2,1-2H3. The highest BCUT2D eigenvalue weighted by atomic mass is 79.9. The van der Waals surface area contributed by atoms with Crippen LogP contribution in [0.5, 0.6) is 5.75 Å². The van der Waals surface area contributed by atoms with Crippen molar-refractivity contribution in [1.29, 1.82) is 0 Å². The molecule has 0 unspecified atom stereocenters. The van der Waals surface area contributed by atoms with Crippen molar-refractivity contribution in [2.75, 3.05) is 6.61 Å². The average molecular weight is 450 g/mol. The summed E-state index contributed by atoms with van der Waals surface area (Å²) in [7, 11) is 0. The first-order valence-corrected chi connectivity index (χ1v) is 9.66. The molecule has 2 heterocycles. The Morgan fingerprint density at radius 1 is 1.19 bits per heavy atom. The number of hydrogen-bond donors (Lipinski definition) is 0. The number of hydrogen-bond acceptors (Lipinski definition) is 7. The fraction of sp³-hybridized carbons (Fsp3) is 0.211. The molecule has 1 aromatic carbocycles. The van der Waals surface area contributed by atoms with Crippen molar-refractivity contribution in [2.45, 2.75) is 20.5 Å². The Kier molecular flexibility index (Phi) is 6.08. The van der Waals surface area contributed by atoms with Gasteiger partial charge in [0.05, 0.1) is 19.9 Å². The zero-order valence-corrected chi connectivity index (χ0v) is 17.1. The molecule has 0 atom stereocenters. The second-order valence-corrected chi connectivity index (χ2v) is 8.15. The second-order valence-electron chi connectivity index (χ2n) is 5.69. The van der Waals surface area contributed by atoms with Crippen LogP contribution in [0.3, 0.4) is 0 Å². The molecule has 0 radical (unpaired) electrons. The first-order chi connectivity index (χ1) is 13.0. The van der Waals surface area contributed by atoms with Gasteiger partial charge in [0.2, 0.25) is 5.78 Å². The Balaban J connectivity index is 1.65. The maximum absolute atomic E-state index is 12.4. The molecule has 0 aliphatic heterocycles. The molecular weight excluding hydrogens is 434 g/mol. The van der Waals surface area contributed by atoms with Crippen LogP contribution in [0.1, 0.15) is 37.0 Å². The molecule has 0 fully saturated rings. The van der Waals surface area contributed by atoms with Crippen LogP contribution in [0.25, 0.3) is 0 Å². The summed E-state index contributed by atoms with van der Waals surface area (Å²) >= 11 is 4.59. The van der Waals surface area contributed by atoms with Gasteiger partial charge < -0.3 is 14.0 Å². The number of para-hydroxylation sites is 1. The van der Waals surface area contributed by atoms with Gasteiger partial charge in [-0.25, -0.2) is 4.79 Å². The summed E-state index contributed by atoms with van der Waals surface area (Å²) in [6, 6.07) is 10.2. The van der Waals surface area contributed by atoms with Gasteiger partial charge in [0, 0.05) is 0 Å². The smallest absolute Gasteiger partial charge is 0.342 e. The van der Waals surface area contributed by atoms with Gasteiger partial charge in [-0.2, -0.15) is 0 Å². The molecule has 6 nitrogen and oxygen atoms in total. The van der Waals surface area contributed by atoms with Crippen LogP contribution in [-0.4, -0.2) is 23.5 Å². The predicted octanol–water partition coefficient (Wildman–Crippen LogP) is 4.73. The zero-order valence-electron chi connectivity index (χ0n) is 14.7. The van der Waals surface area contributed by atoms with E-state index in [0.717, 1.165) is 15.0 Å². The van der Waals surface area contributed by atoms with Gasteiger partial charge in [-0.05, 0) is 54.0 Å². The summed E-state index contributed by atoms with van der Waals surface area (Å²) in [5.74, 6) is 0.163. The third-order valence-corrected chi connectivity index (χ3v) is 5.51. The number of Topliss-reactive ketones (excluding diaryl/α,β-unsaturated/α-hetero) is 1. The SMILES string of the molecule is Cc1noc(C)c1COc1ccccc1C(=O)OCC(=O)c1ccc(Br)s1. The van der Waals surface area contributed by atoms with E-state index in [9.17, 15) is 9.59 Å². The van der Waals surface area contributed by atoms with Crippen LogP contribution in [0.4, 0.5) is 0 Å². The van der Waals surface area contributed by atoms with Crippen molar-refractivity contribution in [2.24, 2.45) is 0 Å². The first kappa shape index (κ1) is 19.3. The minimum atomic E-state index is -0.617. The van der Waals surface area contributed by atoms with Crippen LogP contribution >= 0.6 is 27.3 Å². The molecule has 8 heteroatoms. The number of rotatable bonds is 7. The molecule has 3 rings (SSSR count). The summed E-state index contributed by atoms with van der Waals surface area (Å²) < 4.78 is 16.9. The molecule has 0 amide bonds. The molecule has 0 spiro atoms. The lowest BCUT2D eigenvalue weighted by Crippen LogP contribution is -2.14. The van der Waals surface area contributed by atoms with Crippen molar-refractivity contribution in [3.8, 4) is 5.75 Å². The quantitative estimate of drug-likeness (QED) is 0.383. The number of carbonyl (C=O) groups is 2. The Labute approximate surface area is 168 Å². The largest absolute Gasteiger partial charge is 0.488 e. The number of ketones is 1. The van der Waals surface area contributed by atoms with Gasteiger partial charge in [0.1, 0.15) is 23.7 Å². The van der Waals surface area contributed by atoms with Crippen molar-refractivity contribution in [3.05, 3.63) is 67.6 Å². The van der Waals surface area contributed by atoms with Crippen molar-refractivity contribution >= 4 is 39.0 Å². The zero-order chi connectivity index (χ0) is 19.4. The second kappa shape index (κ2) is 8.49. The normalized spacial score (nSPS) is 10.6. The molecule has 2 aromatic heterocycles. The van der Waals surface area contributed by atoms with E-state index >= 15 is 0 Å². The summed E-state index contributed by atoms with van der Waals surface area (Å²) in [4.78, 5) is 25.0. The van der Waals surface area contributed by atoms with Crippen LogP contribution in [-0.2, 0) is 11.3 Å². The topological polar surface area (TPSA) is 78.6 Å². The van der Waals surface area contributed by atoms with Crippen LogP contribution in [0.2, 0.25) is 0 Å². The van der Waals surface area contributed by atoms with Gasteiger partial charge in [-0.1, -0.05) is 17.3 Å². The fourth-order valence-electron chi connectivity index (χ4n) is 2.36. The highest BCUT2D eigenvalue weighted by Gasteiger charge is 2.18.